The summed E-state index contributed by atoms with van der Waals surface area (Å²) in [5.41, 5.74) is 2.55. The fourth-order valence-corrected chi connectivity index (χ4v) is 1.44. The van der Waals surface area contributed by atoms with E-state index in [9.17, 15) is 0 Å². The third-order valence-corrected chi connectivity index (χ3v) is 2.91. The van der Waals surface area contributed by atoms with Gasteiger partial charge in [0.15, 0.2) is 0 Å². The number of nitrogens with zero attached hydrogens (tertiary/aromatic N) is 2. The van der Waals surface area contributed by atoms with Gasteiger partial charge in [-0.15, -0.1) is 0 Å². The Balaban J connectivity index is 2.80. The van der Waals surface area contributed by atoms with Crippen LogP contribution in [0.4, 0.5) is 0 Å². The summed E-state index contributed by atoms with van der Waals surface area (Å²) in [4.78, 5) is 0. The Morgan fingerprint density at radius 1 is 1.56 bits per heavy atom. The Hall–Kier alpha value is -1.31. The van der Waals surface area contributed by atoms with Gasteiger partial charge in [-0.25, -0.2) is 0 Å². The fourth-order valence-electron chi connectivity index (χ4n) is 1.44. The minimum Gasteiger partial charge on any atom is -0.394 e. The standard InChI is InChI=1S/C12H19N3O/c1-9-10(5-11(6-13)15(9)4)7-14-12(2,3)8-16/h5,14,16H,7-8H2,1-4H3. The van der Waals surface area contributed by atoms with Gasteiger partial charge < -0.3 is 15.0 Å². The molecule has 1 aromatic heterocycles. The second-order valence-corrected chi connectivity index (χ2v) is 4.71. The number of nitriles is 1. The largest absolute Gasteiger partial charge is 0.394 e. The predicted molar refractivity (Wildman–Crippen MR) is 62.9 cm³/mol. The van der Waals surface area contributed by atoms with Crippen molar-refractivity contribution < 1.29 is 5.11 Å². The zero-order valence-electron chi connectivity index (χ0n) is 10.3. The Morgan fingerprint density at radius 3 is 2.62 bits per heavy atom. The molecule has 16 heavy (non-hydrogen) atoms. The minimum absolute atomic E-state index is 0.0873. The topological polar surface area (TPSA) is 61.0 Å². The molecular weight excluding hydrogens is 202 g/mol. The normalized spacial score (nSPS) is 11.5. The van der Waals surface area contributed by atoms with E-state index in [0.29, 0.717) is 12.2 Å². The summed E-state index contributed by atoms with van der Waals surface area (Å²) < 4.78 is 1.88. The highest BCUT2D eigenvalue weighted by molar-refractivity contribution is 5.34. The molecule has 0 aromatic carbocycles. The Bertz CT molecular complexity index is 413. The van der Waals surface area contributed by atoms with Crippen LogP contribution in [0.5, 0.6) is 0 Å². The zero-order chi connectivity index (χ0) is 12.3. The van der Waals surface area contributed by atoms with Crippen LogP contribution >= 0.6 is 0 Å². The summed E-state index contributed by atoms with van der Waals surface area (Å²) >= 11 is 0. The smallest absolute Gasteiger partial charge is 0.120 e. The molecule has 0 aliphatic carbocycles. The van der Waals surface area contributed by atoms with Crippen molar-refractivity contribution in [2.45, 2.75) is 32.9 Å². The highest BCUT2D eigenvalue weighted by atomic mass is 16.3. The van der Waals surface area contributed by atoms with Crippen molar-refractivity contribution in [2.24, 2.45) is 7.05 Å². The SMILES string of the molecule is Cc1c(CNC(C)(C)CO)cc(C#N)n1C. The van der Waals surface area contributed by atoms with Crippen molar-refractivity contribution in [1.82, 2.24) is 9.88 Å². The zero-order valence-corrected chi connectivity index (χ0v) is 10.3. The Morgan fingerprint density at radius 2 is 2.19 bits per heavy atom. The highest BCUT2D eigenvalue weighted by Gasteiger charge is 2.16. The number of hydrogen-bond donors (Lipinski definition) is 2. The van der Waals surface area contributed by atoms with E-state index in [1.165, 1.54) is 0 Å². The molecule has 0 radical (unpaired) electrons. The first-order valence-corrected chi connectivity index (χ1v) is 5.32. The van der Waals surface area contributed by atoms with Gasteiger partial charge in [0.05, 0.1) is 6.61 Å². The number of aromatic nitrogens is 1. The summed E-state index contributed by atoms with van der Waals surface area (Å²) in [6.07, 6.45) is 0. The maximum Gasteiger partial charge on any atom is 0.120 e. The van der Waals surface area contributed by atoms with E-state index in [-0.39, 0.29) is 12.1 Å². The second-order valence-electron chi connectivity index (χ2n) is 4.71. The number of aliphatic hydroxyl groups excluding tert-OH is 1. The summed E-state index contributed by atoms with van der Waals surface area (Å²) in [5, 5.41) is 21.3. The van der Waals surface area contributed by atoms with Crippen molar-refractivity contribution in [3.8, 4) is 6.07 Å². The molecule has 1 heterocycles. The quantitative estimate of drug-likeness (QED) is 0.799. The average Bonchev–Trinajstić information content (AvgIpc) is 2.53. The maximum absolute atomic E-state index is 9.13. The minimum atomic E-state index is -0.297. The van der Waals surface area contributed by atoms with Crippen LogP contribution in [0, 0.1) is 18.3 Å². The summed E-state index contributed by atoms with van der Waals surface area (Å²) in [6.45, 7) is 6.62. The Labute approximate surface area is 96.5 Å². The molecule has 2 N–H and O–H groups in total. The van der Waals surface area contributed by atoms with Crippen molar-refractivity contribution in [3.63, 3.8) is 0 Å². The first-order valence-electron chi connectivity index (χ1n) is 5.32. The average molecular weight is 221 g/mol. The second kappa shape index (κ2) is 4.69. The van der Waals surface area contributed by atoms with Crippen LogP contribution in [-0.4, -0.2) is 21.8 Å². The lowest BCUT2D eigenvalue weighted by Gasteiger charge is -2.23. The lowest BCUT2D eigenvalue weighted by molar-refractivity contribution is 0.187. The molecule has 0 atom stereocenters. The van der Waals surface area contributed by atoms with E-state index in [4.69, 9.17) is 10.4 Å². The highest BCUT2D eigenvalue weighted by Crippen LogP contribution is 2.14. The monoisotopic (exact) mass is 221 g/mol. The van der Waals surface area contributed by atoms with Gasteiger partial charge in [0.2, 0.25) is 0 Å². The number of aliphatic hydroxyl groups is 1. The molecule has 0 spiro atoms. The molecule has 0 saturated heterocycles. The number of rotatable bonds is 4. The van der Waals surface area contributed by atoms with Crippen LogP contribution in [0.2, 0.25) is 0 Å². The summed E-state index contributed by atoms with van der Waals surface area (Å²) in [7, 11) is 1.88. The van der Waals surface area contributed by atoms with Crippen LogP contribution in [-0.2, 0) is 13.6 Å². The van der Waals surface area contributed by atoms with Gasteiger partial charge in [-0.1, -0.05) is 0 Å². The van der Waals surface area contributed by atoms with Gasteiger partial charge in [-0.05, 0) is 32.4 Å². The Kier molecular flexibility index (Phi) is 3.74. The van der Waals surface area contributed by atoms with Gasteiger partial charge in [0.1, 0.15) is 11.8 Å². The third kappa shape index (κ3) is 2.63. The van der Waals surface area contributed by atoms with Crippen molar-refractivity contribution in [2.75, 3.05) is 6.61 Å². The summed E-state index contributed by atoms with van der Waals surface area (Å²) in [6, 6.07) is 4.04. The van der Waals surface area contributed by atoms with Gasteiger partial charge >= 0.3 is 0 Å². The van der Waals surface area contributed by atoms with E-state index in [1.54, 1.807) is 0 Å². The molecule has 4 nitrogen and oxygen atoms in total. The number of hydrogen-bond acceptors (Lipinski definition) is 3. The van der Waals surface area contributed by atoms with Gasteiger partial charge in [-0.2, -0.15) is 5.26 Å². The maximum atomic E-state index is 9.13. The van der Waals surface area contributed by atoms with E-state index >= 15 is 0 Å². The molecule has 0 saturated carbocycles. The third-order valence-electron chi connectivity index (χ3n) is 2.91. The molecule has 1 aromatic rings. The molecule has 1 rings (SSSR count). The van der Waals surface area contributed by atoms with E-state index < -0.39 is 0 Å². The van der Waals surface area contributed by atoms with Crippen molar-refractivity contribution >= 4 is 0 Å². The van der Waals surface area contributed by atoms with Crippen LogP contribution in [0.1, 0.15) is 30.8 Å². The molecule has 0 fully saturated rings. The van der Waals surface area contributed by atoms with Crippen LogP contribution in [0.3, 0.4) is 0 Å². The van der Waals surface area contributed by atoms with E-state index in [1.807, 2.05) is 38.5 Å². The molecule has 88 valence electrons. The van der Waals surface area contributed by atoms with Gasteiger partial charge in [0, 0.05) is 24.8 Å². The fraction of sp³-hybridized carbons (Fsp3) is 0.583. The van der Waals surface area contributed by atoms with Crippen molar-refractivity contribution in [3.05, 3.63) is 23.0 Å². The number of nitrogens with one attached hydrogen (secondary N) is 1. The molecule has 0 unspecified atom stereocenters. The lowest BCUT2D eigenvalue weighted by atomic mass is 10.1. The lowest BCUT2D eigenvalue weighted by Crippen LogP contribution is -2.42. The van der Waals surface area contributed by atoms with Gasteiger partial charge in [-0.3, -0.25) is 0 Å². The first-order chi connectivity index (χ1) is 7.41. The van der Waals surface area contributed by atoms with Gasteiger partial charge in [0.25, 0.3) is 0 Å². The van der Waals surface area contributed by atoms with Crippen molar-refractivity contribution in [1.29, 1.82) is 5.26 Å². The molecule has 0 aliphatic rings. The molecule has 0 aliphatic heterocycles. The van der Waals surface area contributed by atoms with Crippen LogP contribution in [0.25, 0.3) is 0 Å². The van der Waals surface area contributed by atoms with Crippen LogP contribution < -0.4 is 5.32 Å². The molecule has 4 heteroatoms. The summed E-state index contributed by atoms with van der Waals surface area (Å²) in [5.74, 6) is 0. The van der Waals surface area contributed by atoms with Crippen LogP contribution in [0.15, 0.2) is 6.07 Å². The molecule has 0 bridgehead atoms. The molecule has 0 amide bonds. The van der Waals surface area contributed by atoms with E-state index in [0.717, 1.165) is 11.3 Å². The molecular formula is C12H19N3O. The first kappa shape index (κ1) is 12.8. The predicted octanol–water partition coefficient (Wildman–Crippen LogP) is 1.07. The van der Waals surface area contributed by atoms with E-state index in [2.05, 4.69) is 11.4 Å².